The molecule has 3 rings (SSSR count). The van der Waals surface area contributed by atoms with Crippen LogP contribution < -0.4 is 10.6 Å². The molecular weight excluding hydrogens is 340 g/mol. The highest BCUT2D eigenvalue weighted by atomic mass is 16.2. The number of rotatable bonds is 5. The van der Waals surface area contributed by atoms with E-state index in [0.717, 1.165) is 22.4 Å². The molecule has 1 aromatic carbocycles. The number of nitrogens with one attached hydrogen (secondary N) is 2. The van der Waals surface area contributed by atoms with Crippen molar-refractivity contribution < 1.29 is 9.59 Å². The standard InChI is InChI=1S/C21H20N4O2/c1-14-5-3-6-17(15(14)2)25-21(27)19-8-4-7-18(24-19)20(26)23-13-16-9-11-22-12-10-16/h3-12H,13H2,1-2H3,(H,23,26)(H,25,27). The van der Waals surface area contributed by atoms with Crippen molar-refractivity contribution in [3.8, 4) is 0 Å². The Bertz CT molecular complexity index is 971. The number of amides is 2. The van der Waals surface area contributed by atoms with E-state index in [9.17, 15) is 9.59 Å². The number of hydrogen-bond acceptors (Lipinski definition) is 4. The van der Waals surface area contributed by atoms with E-state index in [-0.39, 0.29) is 23.2 Å². The smallest absolute Gasteiger partial charge is 0.274 e. The van der Waals surface area contributed by atoms with Crippen LogP contribution in [0.5, 0.6) is 0 Å². The van der Waals surface area contributed by atoms with Crippen molar-refractivity contribution in [1.29, 1.82) is 0 Å². The highest BCUT2D eigenvalue weighted by molar-refractivity contribution is 6.04. The van der Waals surface area contributed by atoms with Crippen LogP contribution in [-0.4, -0.2) is 21.8 Å². The average molecular weight is 360 g/mol. The molecule has 2 heterocycles. The molecule has 0 atom stereocenters. The molecule has 0 saturated heterocycles. The minimum Gasteiger partial charge on any atom is -0.347 e. The van der Waals surface area contributed by atoms with Crippen LogP contribution in [0.1, 0.15) is 37.7 Å². The molecule has 0 aliphatic rings. The summed E-state index contributed by atoms with van der Waals surface area (Å²) in [6, 6.07) is 14.2. The second kappa shape index (κ2) is 8.23. The highest BCUT2D eigenvalue weighted by Gasteiger charge is 2.13. The summed E-state index contributed by atoms with van der Waals surface area (Å²) in [4.78, 5) is 33.0. The Morgan fingerprint density at radius 1 is 0.889 bits per heavy atom. The molecule has 2 N–H and O–H groups in total. The zero-order valence-corrected chi connectivity index (χ0v) is 15.2. The van der Waals surface area contributed by atoms with Gasteiger partial charge in [-0.1, -0.05) is 18.2 Å². The SMILES string of the molecule is Cc1cccc(NC(=O)c2cccc(C(=O)NCc3ccncc3)n2)c1C. The monoisotopic (exact) mass is 360 g/mol. The summed E-state index contributed by atoms with van der Waals surface area (Å²) in [6.07, 6.45) is 3.33. The molecule has 0 aliphatic heterocycles. The Morgan fingerprint density at radius 3 is 2.30 bits per heavy atom. The van der Waals surface area contributed by atoms with Crippen molar-refractivity contribution >= 4 is 17.5 Å². The minimum absolute atomic E-state index is 0.187. The van der Waals surface area contributed by atoms with Gasteiger partial charge in [0.1, 0.15) is 11.4 Å². The quantitative estimate of drug-likeness (QED) is 0.731. The van der Waals surface area contributed by atoms with E-state index < -0.39 is 0 Å². The van der Waals surface area contributed by atoms with Gasteiger partial charge in [0.05, 0.1) is 0 Å². The van der Waals surface area contributed by atoms with Gasteiger partial charge in [-0.25, -0.2) is 4.98 Å². The summed E-state index contributed by atoms with van der Waals surface area (Å²) >= 11 is 0. The molecule has 2 aromatic heterocycles. The van der Waals surface area contributed by atoms with Crippen LogP contribution in [0.4, 0.5) is 5.69 Å². The number of benzene rings is 1. The van der Waals surface area contributed by atoms with Gasteiger partial charge in [-0.2, -0.15) is 0 Å². The van der Waals surface area contributed by atoms with E-state index in [1.54, 1.807) is 30.6 Å². The summed E-state index contributed by atoms with van der Waals surface area (Å²) in [7, 11) is 0. The molecule has 136 valence electrons. The van der Waals surface area contributed by atoms with E-state index >= 15 is 0 Å². The first-order valence-electron chi connectivity index (χ1n) is 8.56. The predicted octanol–water partition coefficient (Wildman–Crippen LogP) is 3.28. The zero-order valence-electron chi connectivity index (χ0n) is 15.2. The van der Waals surface area contributed by atoms with Crippen LogP contribution in [0.15, 0.2) is 60.9 Å². The lowest BCUT2D eigenvalue weighted by molar-refractivity contribution is 0.0945. The van der Waals surface area contributed by atoms with Crippen LogP contribution in [-0.2, 0) is 6.54 Å². The fourth-order valence-electron chi connectivity index (χ4n) is 2.53. The van der Waals surface area contributed by atoms with Crippen molar-refractivity contribution in [1.82, 2.24) is 15.3 Å². The van der Waals surface area contributed by atoms with Crippen molar-refractivity contribution in [2.45, 2.75) is 20.4 Å². The Balaban J connectivity index is 1.70. The molecule has 0 bridgehead atoms. The van der Waals surface area contributed by atoms with Crippen molar-refractivity contribution in [2.75, 3.05) is 5.32 Å². The third-order valence-electron chi connectivity index (χ3n) is 4.27. The van der Waals surface area contributed by atoms with Gasteiger partial charge < -0.3 is 10.6 Å². The summed E-state index contributed by atoms with van der Waals surface area (Å²) in [5.41, 5.74) is 4.13. The fourth-order valence-corrected chi connectivity index (χ4v) is 2.53. The van der Waals surface area contributed by atoms with Gasteiger partial charge in [0.25, 0.3) is 11.8 Å². The number of hydrogen-bond donors (Lipinski definition) is 2. The van der Waals surface area contributed by atoms with E-state index in [1.165, 1.54) is 0 Å². The Labute approximate surface area is 157 Å². The van der Waals surface area contributed by atoms with E-state index in [1.807, 2.05) is 44.2 Å². The van der Waals surface area contributed by atoms with Gasteiger partial charge in [-0.3, -0.25) is 14.6 Å². The second-order valence-corrected chi connectivity index (χ2v) is 6.15. The topological polar surface area (TPSA) is 84.0 Å². The number of pyridine rings is 2. The lowest BCUT2D eigenvalue weighted by Gasteiger charge is -2.10. The van der Waals surface area contributed by atoms with Gasteiger partial charge in [-0.05, 0) is 60.9 Å². The van der Waals surface area contributed by atoms with Gasteiger partial charge >= 0.3 is 0 Å². The molecule has 6 nitrogen and oxygen atoms in total. The second-order valence-electron chi connectivity index (χ2n) is 6.15. The van der Waals surface area contributed by atoms with Gasteiger partial charge in [0.2, 0.25) is 0 Å². The number of carbonyl (C=O) groups excluding carboxylic acids is 2. The molecule has 0 radical (unpaired) electrons. The minimum atomic E-state index is -0.354. The molecule has 2 amide bonds. The van der Waals surface area contributed by atoms with Gasteiger partial charge in [0, 0.05) is 24.6 Å². The largest absolute Gasteiger partial charge is 0.347 e. The summed E-state index contributed by atoms with van der Waals surface area (Å²) in [5.74, 6) is -0.694. The van der Waals surface area contributed by atoms with E-state index in [4.69, 9.17) is 0 Å². The third-order valence-corrected chi connectivity index (χ3v) is 4.27. The van der Waals surface area contributed by atoms with Crippen LogP contribution in [0.3, 0.4) is 0 Å². The maximum Gasteiger partial charge on any atom is 0.274 e. The first kappa shape index (κ1) is 18.3. The Hall–Kier alpha value is -3.54. The number of aryl methyl sites for hydroxylation is 1. The molecule has 3 aromatic rings. The van der Waals surface area contributed by atoms with Gasteiger partial charge in [0.15, 0.2) is 0 Å². The zero-order chi connectivity index (χ0) is 19.2. The van der Waals surface area contributed by atoms with E-state index in [2.05, 4.69) is 20.6 Å². The fraction of sp³-hybridized carbons (Fsp3) is 0.143. The summed E-state index contributed by atoms with van der Waals surface area (Å²) in [6.45, 7) is 4.29. The normalized spacial score (nSPS) is 10.3. The molecular formula is C21H20N4O2. The third kappa shape index (κ3) is 4.55. The molecule has 0 saturated carbocycles. The van der Waals surface area contributed by atoms with E-state index in [0.29, 0.717) is 6.54 Å². The van der Waals surface area contributed by atoms with Crippen LogP contribution in [0.25, 0.3) is 0 Å². The Morgan fingerprint density at radius 2 is 1.56 bits per heavy atom. The molecule has 0 unspecified atom stereocenters. The number of nitrogens with zero attached hydrogens (tertiary/aromatic N) is 2. The van der Waals surface area contributed by atoms with Crippen LogP contribution in [0.2, 0.25) is 0 Å². The number of anilines is 1. The first-order valence-corrected chi connectivity index (χ1v) is 8.56. The summed E-state index contributed by atoms with van der Waals surface area (Å²) in [5, 5.41) is 5.64. The van der Waals surface area contributed by atoms with Crippen LogP contribution >= 0.6 is 0 Å². The lowest BCUT2D eigenvalue weighted by atomic mass is 10.1. The predicted molar refractivity (Wildman–Crippen MR) is 104 cm³/mol. The van der Waals surface area contributed by atoms with Crippen LogP contribution in [0, 0.1) is 13.8 Å². The highest BCUT2D eigenvalue weighted by Crippen LogP contribution is 2.18. The average Bonchev–Trinajstić information content (AvgIpc) is 2.70. The van der Waals surface area contributed by atoms with Crippen molar-refractivity contribution in [3.63, 3.8) is 0 Å². The lowest BCUT2D eigenvalue weighted by Crippen LogP contribution is -2.25. The molecule has 6 heteroatoms. The maximum absolute atomic E-state index is 12.5. The van der Waals surface area contributed by atoms with Crippen molar-refractivity contribution in [2.24, 2.45) is 0 Å². The number of carbonyl (C=O) groups is 2. The molecule has 0 fully saturated rings. The maximum atomic E-state index is 12.5. The summed E-state index contributed by atoms with van der Waals surface area (Å²) < 4.78 is 0. The Kier molecular flexibility index (Phi) is 5.56. The van der Waals surface area contributed by atoms with Gasteiger partial charge in [-0.15, -0.1) is 0 Å². The first-order chi connectivity index (χ1) is 13.0. The molecule has 27 heavy (non-hydrogen) atoms. The van der Waals surface area contributed by atoms with Crippen molar-refractivity contribution in [3.05, 3.63) is 89.0 Å². The molecule has 0 spiro atoms. The number of aromatic nitrogens is 2. The molecule has 0 aliphatic carbocycles.